The van der Waals surface area contributed by atoms with Crippen molar-refractivity contribution >= 4 is 28.5 Å². The number of alkyl halides is 3. The van der Waals surface area contributed by atoms with Crippen molar-refractivity contribution in [2.24, 2.45) is 0 Å². The van der Waals surface area contributed by atoms with Crippen molar-refractivity contribution in [2.45, 2.75) is 19.2 Å². The Morgan fingerprint density at radius 2 is 1.80 bits per heavy atom. The molecule has 3 aromatic carbocycles. The molecular formula is C25H17ClF3NO5. The third-order valence-electron chi connectivity index (χ3n) is 5.72. The molecule has 1 aliphatic rings. The summed E-state index contributed by atoms with van der Waals surface area (Å²) in [6.07, 6.45) is -4.34. The molecule has 0 spiro atoms. The van der Waals surface area contributed by atoms with Gasteiger partial charge in [-0.25, -0.2) is 4.79 Å². The number of H-pyrrole nitrogens is 1. The summed E-state index contributed by atoms with van der Waals surface area (Å²) in [6.45, 7) is -0.235. The van der Waals surface area contributed by atoms with Crippen molar-refractivity contribution in [3.63, 3.8) is 0 Å². The number of hydrogen-bond acceptors (Lipinski definition) is 4. The molecule has 1 aromatic heterocycles. The van der Waals surface area contributed by atoms with E-state index in [1.807, 2.05) is 0 Å². The number of nitrogens with one attached hydrogen (secondary N) is 1. The van der Waals surface area contributed by atoms with Crippen molar-refractivity contribution in [2.75, 3.05) is 6.79 Å². The van der Waals surface area contributed by atoms with Crippen LogP contribution in [0.1, 0.15) is 32.7 Å². The first kappa shape index (κ1) is 22.9. The van der Waals surface area contributed by atoms with Gasteiger partial charge in [-0.3, -0.25) is 0 Å². The minimum absolute atomic E-state index is 0.00671. The number of aromatic nitrogens is 1. The lowest BCUT2D eigenvalue weighted by Crippen LogP contribution is -2.10. The standard InChI is InChI=1S/C25H17ClF3NO5/c26-19-10-22-21(34-12-35-22)8-14(19)7-17-16-9-15(5-6-20(16)30-23(17)24(31)32)33-11-13-3-1-2-4-18(13)25(27,28)29/h1-6,8-10,30H,7,11-12H2,(H,31,32). The zero-order valence-corrected chi connectivity index (χ0v) is 18.7. The lowest BCUT2D eigenvalue weighted by Gasteiger charge is -2.13. The molecule has 0 saturated heterocycles. The molecule has 0 unspecified atom stereocenters. The number of carbonyl (C=O) groups is 1. The first-order valence-electron chi connectivity index (χ1n) is 10.4. The van der Waals surface area contributed by atoms with E-state index in [1.165, 1.54) is 18.2 Å². The number of fused-ring (bicyclic) bond motifs is 2. The highest BCUT2D eigenvalue weighted by Crippen LogP contribution is 2.39. The van der Waals surface area contributed by atoms with E-state index in [0.717, 1.165) is 6.07 Å². The Morgan fingerprint density at radius 1 is 1.06 bits per heavy atom. The normalized spacial score (nSPS) is 12.8. The van der Waals surface area contributed by atoms with Crippen molar-refractivity contribution in [1.82, 2.24) is 4.98 Å². The minimum Gasteiger partial charge on any atom is -0.489 e. The monoisotopic (exact) mass is 503 g/mol. The quantitative estimate of drug-likeness (QED) is 0.316. The molecule has 10 heteroatoms. The zero-order valence-electron chi connectivity index (χ0n) is 17.9. The second-order valence-electron chi connectivity index (χ2n) is 7.91. The molecule has 0 bridgehead atoms. The fraction of sp³-hybridized carbons (Fsp3) is 0.160. The Bertz CT molecular complexity index is 1450. The molecular weight excluding hydrogens is 487 g/mol. The number of ether oxygens (including phenoxy) is 3. The van der Waals surface area contributed by atoms with Crippen LogP contribution in [-0.2, 0) is 19.2 Å². The Kier molecular flexibility index (Phi) is 5.72. The summed E-state index contributed by atoms with van der Waals surface area (Å²) in [7, 11) is 0. The molecule has 0 fully saturated rings. The molecule has 2 heterocycles. The molecule has 0 amide bonds. The highest BCUT2D eigenvalue weighted by atomic mass is 35.5. The molecule has 1 aliphatic heterocycles. The van der Waals surface area contributed by atoms with Crippen LogP contribution >= 0.6 is 11.6 Å². The third-order valence-corrected chi connectivity index (χ3v) is 6.07. The van der Waals surface area contributed by atoms with E-state index in [1.54, 1.807) is 30.3 Å². The van der Waals surface area contributed by atoms with Gasteiger partial charge in [-0.15, -0.1) is 0 Å². The van der Waals surface area contributed by atoms with Crippen LogP contribution in [0, 0.1) is 0 Å². The van der Waals surface area contributed by atoms with Gasteiger partial charge < -0.3 is 24.3 Å². The Hall–Kier alpha value is -3.85. The summed E-state index contributed by atoms with van der Waals surface area (Å²) in [5.74, 6) is 0.150. The lowest BCUT2D eigenvalue weighted by atomic mass is 10.0. The predicted molar refractivity (Wildman–Crippen MR) is 121 cm³/mol. The van der Waals surface area contributed by atoms with E-state index in [0.29, 0.717) is 44.3 Å². The Morgan fingerprint density at radius 3 is 2.54 bits per heavy atom. The fourth-order valence-electron chi connectivity index (χ4n) is 4.05. The molecule has 0 radical (unpaired) electrons. The van der Waals surface area contributed by atoms with Gasteiger partial charge in [-0.2, -0.15) is 13.2 Å². The predicted octanol–water partition coefficient (Wildman–Crippen LogP) is 6.44. The molecule has 2 N–H and O–H groups in total. The average molecular weight is 504 g/mol. The number of hydrogen-bond donors (Lipinski definition) is 2. The second kappa shape index (κ2) is 8.74. The first-order chi connectivity index (χ1) is 16.7. The van der Waals surface area contributed by atoms with Gasteiger partial charge in [0.15, 0.2) is 11.5 Å². The highest BCUT2D eigenvalue weighted by molar-refractivity contribution is 6.31. The van der Waals surface area contributed by atoms with Crippen molar-refractivity contribution in [1.29, 1.82) is 0 Å². The van der Waals surface area contributed by atoms with Crippen LogP contribution in [0.4, 0.5) is 13.2 Å². The molecule has 0 saturated carbocycles. The maximum atomic E-state index is 13.3. The van der Waals surface area contributed by atoms with Crippen molar-refractivity contribution in [3.8, 4) is 17.2 Å². The summed E-state index contributed by atoms with van der Waals surface area (Å²) in [5, 5.41) is 10.7. The smallest absolute Gasteiger partial charge is 0.416 e. The van der Waals surface area contributed by atoms with Crippen molar-refractivity contribution < 1.29 is 37.3 Å². The van der Waals surface area contributed by atoms with Gasteiger partial charge in [-0.05, 0) is 41.5 Å². The van der Waals surface area contributed by atoms with E-state index in [2.05, 4.69) is 4.98 Å². The number of benzene rings is 3. The second-order valence-corrected chi connectivity index (χ2v) is 8.32. The van der Waals surface area contributed by atoms with E-state index < -0.39 is 17.7 Å². The van der Waals surface area contributed by atoms with E-state index in [4.69, 9.17) is 25.8 Å². The molecule has 5 rings (SSSR count). The summed E-state index contributed by atoms with van der Waals surface area (Å²) in [6, 6.07) is 13.3. The summed E-state index contributed by atoms with van der Waals surface area (Å²) in [4.78, 5) is 14.8. The maximum Gasteiger partial charge on any atom is 0.416 e. The van der Waals surface area contributed by atoms with Gasteiger partial charge in [-0.1, -0.05) is 29.8 Å². The number of halogens is 4. The number of rotatable bonds is 6. The van der Waals surface area contributed by atoms with Gasteiger partial charge in [0.25, 0.3) is 0 Å². The maximum absolute atomic E-state index is 13.3. The first-order valence-corrected chi connectivity index (χ1v) is 10.8. The molecule has 0 atom stereocenters. The third kappa shape index (κ3) is 4.46. The molecule has 35 heavy (non-hydrogen) atoms. The van der Waals surface area contributed by atoms with Gasteiger partial charge in [0.2, 0.25) is 6.79 Å². The van der Waals surface area contributed by atoms with E-state index in [-0.39, 0.29) is 31.1 Å². The van der Waals surface area contributed by atoms with Gasteiger partial charge in [0.1, 0.15) is 18.1 Å². The summed E-state index contributed by atoms with van der Waals surface area (Å²) >= 11 is 6.40. The van der Waals surface area contributed by atoms with Crippen LogP contribution in [0.5, 0.6) is 17.2 Å². The summed E-state index contributed by atoms with van der Waals surface area (Å²) < 4.78 is 56.3. The highest BCUT2D eigenvalue weighted by Gasteiger charge is 2.33. The number of aromatic carboxylic acids is 1. The van der Waals surface area contributed by atoms with E-state index in [9.17, 15) is 23.1 Å². The van der Waals surface area contributed by atoms with Crippen LogP contribution in [-0.4, -0.2) is 22.9 Å². The largest absolute Gasteiger partial charge is 0.489 e. The lowest BCUT2D eigenvalue weighted by molar-refractivity contribution is -0.138. The van der Waals surface area contributed by atoms with Crippen molar-refractivity contribution in [3.05, 3.63) is 87.6 Å². The van der Waals surface area contributed by atoms with Crippen LogP contribution in [0.3, 0.4) is 0 Å². The topological polar surface area (TPSA) is 80.8 Å². The van der Waals surface area contributed by atoms with Crippen LogP contribution < -0.4 is 14.2 Å². The SMILES string of the molecule is O=C(O)c1[nH]c2ccc(OCc3ccccc3C(F)(F)F)cc2c1Cc1cc2c(cc1Cl)OCO2. The van der Waals surface area contributed by atoms with Crippen LogP contribution in [0.15, 0.2) is 54.6 Å². The van der Waals surface area contributed by atoms with Gasteiger partial charge >= 0.3 is 12.1 Å². The molecule has 0 aliphatic carbocycles. The molecule has 6 nitrogen and oxygen atoms in total. The van der Waals surface area contributed by atoms with Gasteiger partial charge in [0.05, 0.1) is 5.56 Å². The number of carboxylic acid groups (broad SMARTS) is 1. The Labute approximate surface area is 201 Å². The zero-order chi connectivity index (χ0) is 24.7. The number of aromatic amines is 1. The molecule has 180 valence electrons. The van der Waals surface area contributed by atoms with Crippen LogP contribution in [0.2, 0.25) is 5.02 Å². The summed E-state index contributed by atoms with van der Waals surface area (Å²) in [5.41, 5.74) is 0.825. The average Bonchev–Trinajstić information content (AvgIpc) is 3.41. The molecule has 4 aromatic rings. The Balaban J connectivity index is 1.49. The van der Waals surface area contributed by atoms with Crippen LogP contribution in [0.25, 0.3) is 10.9 Å². The number of carboxylic acids is 1. The minimum atomic E-state index is -4.50. The fourth-order valence-corrected chi connectivity index (χ4v) is 4.27. The van der Waals surface area contributed by atoms with E-state index >= 15 is 0 Å². The van der Waals surface area contributed by atoms with Gasteiger partial charge in [0, 0.05) is 34.0 Å².